The van der Waals surface area contributed by atoms with Gasteiger partial charge in [0.2, 0.25) is 0 Å². The fraction of sp³-hybridized carbons (Fsp3) is 0.333. The fourth-order valence-electron chi connectivity index (χ4n) is 1.99. The summed E-state index contributed by atoms with van der Waals surface area (Å²) in [5, 5.41) is 3.33. The zero-order valence-corrected chi connectivity index (χ0v) is 10.3. The van der Waals surface area contributed by atoms with Crippen molar-refractivity contribution < 1.29 is 0 Å². The summed E-state index contributed by atoms with van der Waals surface area (Å²) in [5.74, 6) is 0.986. The molecule has 1 aromatic carbocycles. The second-order valence-corrected chi connectivity index (χ2v) is 3.95. The molecule has 0 spiro atoms. The van der Waals surface area contributed by atoms with Gasteiger partial charge in [0.05, 0.1) is 17.2 Å². The van der Waals surface area contributed by atoms with E-state index in [0.29, 0.717) is 0 Å². The zero-order valence-electron chi connectivity index (χ0n) is 9.47. The lowest BCUT2D eigenvalue weighted by atomic mass is 10.3. The normalized spacial score (nSPS) is 15.6. The molecule has 4 nitrogen and oxygen atoms in total. The molecule has 1 aliphatic rings. The van der Waals surface area contributed by atoms with Crippen molar-refractivity contribution in [2.24, 2.45) is 0 Å². The number of anilines is 1. The monoisotopic (exact) mass is 250 g/mol. The van der Waals surface area contributed by atoms with E-state index >= 15 is 0 Å². The summed E-state index contributed by atoms with van der Waals surface area (Å²) in [6.45, 7) is 4.06. The average molecular weight is 251 g/mol. The van der Waals surface area contributed by atoms with Gasteiger partial charge in [-0.1, -0.05) is 12.1 Å². The standard InChI is InChI=1S/C12H14N4.ClH/c1-2-4-11-10(3-1)14-9-12(15-11)16-7-5-13-6-8-16;/h1-4,9,13H,5-8H2;1H. The van der Waals surface area contributed by atoms with Gasteiger partial charge >= 0.3 is 0 Å². The Morgan fingerprint density at radius 1 is 1.06 bits per heavy atom. The minimum atomic E-state index is 0. The van der Waals surface area contributed by atoms with Crippen LogP contribution in [-0.4, -0.2) is 36.1 Å². The highest BCUT2D eigenvalue weighted by Gasteiger charge is 2.12. The van der Waals surface area contributed by atoms with Crippen molar-refractivity contribution >= 4 is 29.3 Å². The van der Waals surface area contributed by atoms with Crippen LogP contribution in [0.25, 0.3) is 11.0 Å². The molecule has 0 radical (unpaired) electrons. The van der Waals surface area contributed by atoms with Crippen LogP contribution < -0.4 is 10.2 Å². The number of piperazine rings is 1. The number of nitrogens with zero attached hydrogens (tertiary/aromatic N) is 3. The highest BCUT2D eigenvalue weighted by Crippen LogP contribution is 2.15. The van der Waals surface area contributed by atoms with Gasteiger partial charge in [0.25, 0.3) is 0 Å². The Kier molecular flexibility index (Phi) is 3.76. The Hall–Kier alpha value is -1.39. The van der Waals surface area contributed by atoms with E-state index < -0.39 is 0 Å². The second-order valence-electron chi connectivity index (χ2n) is 3.95. The minimum Gasteiger partial charge on any atom is -0.353 e. The number of hydrogen-bond acceptors (Lipinski definition) is 4. The summed E-state index contributed by atoms with van der Waals surface area (Å²) in [7, 11) is 0. The first-order valence-corrected chi connectivity index (χ1v) is 5.61. The highest BCUT2D eigenvalue weighted by atomic mass is 35.5. The zero-order chi connectivity index (χ0) is 10.8. The number of benzene rings is 1. The summed E-state index contributed by atoms with van der Waals surface area (Å²) in [6, 6.07) is 7.98. The van der Waals surface area contributed by atoms with Crippen molar-refractivity contribution in [3.63, 3.8) is 0 Å². The molecule has 0 unspecified atom stereocenters. The highest BCUT2D eigenvalue weighted by molar-refractivity contribution is 5.85. The van der Waals surface area contributed by atoms with Crippen molar-refractivity contribution in [2.75, 3.05) is 31.1 Å². The molecule has 0 saturated carbocycles. The number of rotatable bonds is 1. The van der Waals surface area contributed by atoms with Crippen LogP contribution >= 0.6 is 12.4 Å². The predicted octanol–water partition coefficient (Wildman–Crippen LogP) is 1.46. The summed E-state index contributed by atoms with van der Waals surface area (Å²) < 4.78 is 0. The molecule has 1 N–H and O–H groups in total. The third kappa shape index (κ3) is 2.48. The Morgan fingerprint density at radius 2 is 1.76 bits per heavy atom. The Bertz CT molecular complexity index is 497. The number of para-hydroxylation sites is 2. The molecule has 5 heteroatoms. The van der Waals surface area contributed by atoms with Gasteiger partial charge in [-0.05, 0) is 12.1 Å². The number of hydrogen-bond donors (Lipinski definition) is 1. The molecule has 0 bridgehead atoms. The number of aromatic nitrogens is 2. The lowest BCUT2D eigenvalue weighted by molar-refractivity contribution is 0.585. The third-order valence-electron chi connectivity index (χ3n) is 2.88. The first-order chi connectivity index (χ1) is 7.93. The molecule has 2 aromatic rings. The Balaban J connectivity index is 0.00000108. The molecule has 0 atom stereocenters. The van der Waals surface area contributed by atoms with Crippen LogP contribution in [0, 0.1) is 0 Å². The number of nitrogens with one attached hydrogen (secondary N) is 1. The molecule has 90 valence electrons. The van der Waals surface area contributed by atoms with Gasteiger partial charge in [0.15, 0.2) is 0 Å². The minimum absolute atomic E-state index is 0. The summed E-state index contributed by atoms with van der Waals surface area (Å²) in [4.78, 5) is 11.3. The fourth-order valence-corrected chi connectivity index (χ4v) is 1.99. The van der Waals surface area contributed by atoms with Gasteiger partial charge in [-0.3, -0.25) is 4.98 Å². The van der Waals surface area contributed by atoms with Crippen LogP contribution in [0.1, 0.15) is 0 Å². The predicted molar refractivity (Wildman–Crippen MR) is 71.9 cm³/mol. The molecular weight excluding hydrogens is 236 g/mol. The molecule has 1 aliphatic heterocycles. The molecule has 1 aromatic heterocycles. The van der Waals surface area contributed by atoms with Gasteiger partial charge in [0.1, 0.15) is 5.82 Å². The van der Waals surface area contributed by atoms with Gasteiger partial charge in [-0.25, -0.2) is 4.98 Å². The first-order valence-electron chi connectivity index (χ1n) is 5.61. The molecule has 3 rings (SSSR count). The van der Waals surface area contributed by atoms with Crippen molar-refractivity contribution in [3.05, 3.63) is 30.5 Å². The topological polar surface area (TPSA) is 41.1 Å². The summed E-state index contributed by atoms with van der Waals surface area (Å²) in [6.07, 6.45) is 1.87. The van der Waals surface area contributed by atoms with Gasteiger partial charge in [0, 0.05) is 26.2 Å². The van der Waals surface area contributed by atoms with E-state index in [-0.39, 0.29) is 12.4 Å². The Labute approximate surface area is 106 Å². The molecule has 1 fully saturated rings. The van der Waals surface area contributed by atoms with Crippen molar-refractivity contribution in [1.29, 1.82) is 0 Å². The van der Waals surface area contributed by atoms with Crippen LogP contribution in [-0.2, 0) is 0 Å². The molecule has 1 saturated heterocycles. The lowest BCUT2D eigenvalue weighted by Gasteiger charge is -2.28. The first kappa shape index (κ1) is 12.1. The maximum atomic E-state index is 4.63. The van der Waals surface area contributed by atoms with E-state index in [1.54, 1.807) is 0 Å². The third-order valence-corrected chi connectivity index (χ3v) is 2.88. The SMILES string of the molecule is Cl.c1ccc2nc(N3CCNCC3)cnc2c1. The van der Waals surface area contributed by atoms with Crippen LogP contribution in [0.4, 0.5) is 5.82 Å². The van der Waals surface area contributed by atoms with Crippen LogP contribution in [0.3, 0.4) is 0 Å². The molecule has 0 amide bonds. The largest absolute Gasteiger partial charge is 0.353 e. The number of fused-ring (bicyclic) bond motifs is 1. The van der Waals surface area contributed by atoms with Gasteiger partial charge in [-0.2, -0.15) is 0 Å². The van der Waals surface area contributed by atoms with E-state index in [1.165, 1.54) is 0 Å². The van der Waals surface area contributed by atoms with E-state index in [0.717, 1.165) is 43.0 Å². The second kappa shape index (κ2) is 5.29. The summed E-state index contributed by atoms with van der Waals surface area (Å²) in [5.41, 5.74) is 1.93. The average Bonchev–Trinajstić information content (AvgIpc) is 2.39. The van der Waals surface area contributed by atoms with Crippen molar-refractivity contribution in [2.45, 2.75) is 0 Å². The van der Waals surface area contributed by atoms with E-state index in [4.69, 9.17) is 0 Å². The van der Waals surface area contributed by atoms with E-state index in [9.17, 15) is 0 Å². The van der Waals surface area contributed by atoms with Crippen LogP contribution in [0.2, 0.25) is 0 Å². The van der Waals surface area contributed by atoms with Crippen molar-refractivity contribution in [1.82, 2.24) is 15.3 Å². The van der Waals surface area contributed by atoms with E-state index in [2.05, 4.69) is 20.2 Å². The van der Waals surface area contributed by atoms with Gasteiger partial charge in [-0.15, -0.1) is 12.4 Å². The quantitative estimate of drug-likeness (QED) is 0.832. The smallest absolute Gasteiger partial charge is 0.147 e. The summed E-state index contributed by atoms with van der Waals surface area (Å²) >= 11 is 0. The maximum absolute atomic E-state index is 4.63. The molecule has 0 aliphatic carbocycles. The van der Waals surface area contributed by atoms with E-state index in [1.807, 2.05) is 30.5 Å². The lowest BCUT2D eigenvalue weighted by Crippen LogP contribution is -2.43. The van der Waals surface area contributed by atoms with Crippen LogP contribution in [0.5, 0.6) is 0 Å². The van der Waals surface area contributed by atoms with Crippen molar-refractivity contribution in [3.8, 4) is 0 Å². The molecular formula is C12H15ClN4. The molecule has 2 heterocycles. The number of halogens is 1. The van der Waals surface area contributed by atoms with Crippen LogP contribution in [0.15, 0.2) is 30.5 Å². The Morgan fingerprint density at radius 3 is 2.53 bits per heavy atom. The molecule has 17 heavy (non-hydrogen) atoms. The maximum Gasteiger partial charge on any atom is 0.147 e. The van der Waals surface area contributed by atoms with Gasteiger partial charge < -0.3 is 10.2 Å².